The molecule has 2 heteroatoms. The Balaban J connectivity index is 0. The van der Waals surface area contributed by atoms with E-state index in [0.29, 0.717) is 0 Å². The molecule has 0 fully saturated rings. The van der Waals surface area contributed by atoms with Crippen LogP contribution >= 0.6 is 0 Å². The van der Waals surface area contributed by atoms with Crippen LogP contribution in [0.5, 0.6) is 0 Å². The van der Waals surface area contributed by atoms with Gasteiger partial charge in [-0.2, -0.15) is 0 Å². The van der Waals surface area contributed by atoms with Gasteiger partial charge < -0.3 is 5.11 Å². The van der Waals surface area contributed by atoms with Gasteiger partial charge in [-0.15, -0.1) is 0 Å². The Morgan fingerprint density at radius 2 is 1.75 bits per heavy atom. The molecule has 0 unspecified atom stereocenters. The molecule has 0 bridgehead atoms. The lowest BCUT2D eigenvalue weighted by molar-refractivity contribution is 0.476. The molecule has 0 heterocycles. The van der Waals surface area contributed by atoms with E-state index in [1.165, 1.54) is 0 Å². The minimum atomic E-state index is 0. The van der Waals surface area contributed by atoms with Crippen molar-refractivity contribution in [2.75, 3.05) is 0 Å². The second-order valence-corrected chi connectivity index (χ2v) is 0.183. The van der Waals surface area contributed by atoms with Crippen LogP contribution in [-0.2, 0) is 0 Å². The molecule has 0 aromatic rings. The standard InChI is InChI=1S/C2H4O.BH3/c1-2-3;/h2-3H,1H2;1H3. The van der Waals surface area contributed by atoms with Crippen LogP contribution in [0.25, 0.3) is 0 Å². The van der Waals surface area contributed by atoms with Gasteiger partial charge in [-0.25, -0.2) is 0 Å². The largest absolute Gasteiger partial charge is 0.516 e. The van der Waals surface area contributed by atoms with E-state index < -0.39 is 0 Å². The number of aliphatic hydroxyl groups excluding tert-OH is 1. The highest BCUT2D eigenvalue weighted by molar-refractivity contribution is 5.75. The highest BCUT2D eigenvalue weighted by Gasteiger charge is 1.11. The van der Waals surface area contributed by atoms with Gasteiger partial charge in [0, 0.05) is 0 Å². The lowest BCUT2D eigenvalue weighted by Crippen LogP contribution is -1.25. The van der Waals surface area contributed by atoms with E-state index in [9.17, 15) is 0 Å². The van der Waals surface area contributed by atoms with Gasteiger partial charge in [-0.1, -0.05) is 6.58 Å². The van der Waals surface area contributed by atoms with E-state index in [1.54, 1.807) is 0 Å². The van der Waals surface area contributed by atoms with Gasteiger partial charge in [0.1, 0.15) is 0 Å². The SMILES string of the molecule is B.C=CO. The molecule has 0 aliphatic heterocycles. The van der Waals surface area contributed by atoms with Crippen LogP contribution < -0.4 is 0 Å². The molecule has 0 rings (SSSR count). The van der Waals surface area contributed by atoms with Gasteiger partial charge in [-0.05, 0) is 0 Å². The number of hydrogen-bond donors (Lipinski definition) is 1. The maximum absolute atomic E-state index is 7.33. The normalized spacial score (nSPS) is 3.00. The second-order valence-electron chi connectivity index (χ2n) is 0.183. The Bertz CT molecular complexity index is 13.5. The molecular formula is C2H7BO. The molecule has 0 atom stereocenters. The summed E-state index contributed by atoms with van der Waals surface area (Å²) in [4.78, 5) is 0. The predicted octanol–water partition coefficient (Wildman–Crippen LogP) is -0.496. The van der Waals surface area contributed by atoms with Crippen LogP contribution in [-0.4, -0.2) is 13.5 Å². The van der Waals surface area contributed by atoms with Gasteiger partial charge in [0.25, 0.3) is 0 Å². The predicted molar refractivity (Wildman–Crippen MR) is 22.8 cm³/mol. The van der Waals surface area contributed by atoms with Gasteiger partial charge in [0.15, 0.2) is 0 Å². The van der Waals surface area contributed by atoms with Crippen molar-refractivity contribution in [2.45, 2.75) is 0 Å². The Kier molecular flexibility index (Phi) is 43.5. The van der Waals surface area contributed by atoms with Crippen molar-refractivity contribution in [3.8, 4) is 0 Å². The molecule has 0 aliphatic carbocycles. The Labute approximate surface area is 27.5 Å². The molecule has 0 spiro atoms. The van der Waals surface area contributed by atoms with Crippen LogP contribution in [0, 0.1) is 0 Å². The van der Waals surface area contributed by atoms with Crippen LogP contribution in [0.15, 0.2) is 12.8 Å². The topological polar surface area (TPSA) is 20.2 Å². The minimum absolute atomic E-state index is 0. The fourth-order valence-electron chi connectivity index (χ4n) is 0. The average Bonchev–Trinajstić information content (AvgIpc) is 0.918. The van der Waals surface area contributed by atoms with Crippen molar-refractivity contribution in [2.24, 2.45) is 0 Å². The molecule has 0 saturated carbocycles. The van der Waals surface area contributed by atoms with Gasteiger partial charge in [0.2, 0.25) is 0 Å². The van der Waals surface area contributed by atoms with Crippen molar-refractivity contribution >= 4 is 8.41 Å². The first-order chi connectivity index (χ1) is 1.41. The lowest BCUT2D eigenvalue weighted by Gasteiger charge is -1.41. The van der Waals surface area contributed by atoms with Crippen LogP contribution in [0.3, 0.4) is 0 Å². The number of aliphatic hydroxyl groups is 1. The summed E-state index contributed by atoms with van der Waals surface area (Å²) in [7, 11) is 0. The first-order valence-corrected chi connectivity index (χ1v) is 0.666. The average molecular weight is 57.9 g/mol. The first-order valence-electron chi connectivity index (χ1n) is 0.666. The summed E-state index contributed by atoms with van der Waals surface area (Å²) < 4.78 is 0. The third kappa shape index (κ3) is 3.76. The van der Waals surface area contributed by atoms with E-state index >= 15 is 0 Å². The maximum atomic E-state index is 7.33. The Morgan fingerprint density at radius 3 is 1.75 bits per heavy atom. The van der Waals surface area contributed by atoms with Gasteiger partial charge in [0.05, 0.1) is 14.7 Å². The summed E-state index contributed by atoms with van der Waals surface area (Å²) in [6.45, 7) is 2.92. The van der Waals surface area contributed by atoms with Gasteiger partial charge in [-0.3, -0.25) is 0 Å². The van der Waals surface area contributed by atoms with Crippen LogP contribution in [0.1, 0.15) is 0 Å². The van der Waals surface area contributed by atoms with E-state index in [0.717, 1.165) is 6.26 Å². The summed E-state index contributed by atoms with van der Waals surface area (Å²) in [6, 6.07) is 0. The molecular weight excluding hydrogens is 50.8 g/mol. The van der Waals surface area contributed by atoms with Gasteiger partial charge >= 0.3 is 0 Å². The summed E-state index contributed by atoms with van der Waals surface area (Å²) in [5.74, 6) is 0. The highest BCUT2D eigenvalue weighted by Crippen LogP contribution is 1.26. The molecule has 1 N–H and O–H groups in total. The summed E-state index contributed by atoms with van der Waals surface area (Å²) >= 11 is 0. The van der Waals surface area contributed by atoms with Crippen LogP contribution in [0.2, 0.25) is 0 Å². The molecule has 0 radical (unpaired) electrons. The van der Waals surface area contributed by atoms with Crippen molar-refractivity contribution in [3.63, 3.8) is 0 Å². The smallest absolute Gasteiger partial charge is 0.0814 e. The minimum Gasteiger partial charge on any atom is -0.516 e. The molecule has 0 aromatic heterocycles. The van der Waals surface area contributed by atoms with E-state index in [1.807, 2.05) is 0 Å². The maximum Gasteiger partial charge on any atom is 0.0814 e. The first kappa shape index (κ1) is 9.50. The van der Waals surface area contributed by atoms with Crippen molar-refractivity contribution in [1.29, 1.82) is 0 Å². The van der Waals surface area contributed by atoms with Crippen molar-refractivity contribution in [1.82, 2.24) is 0 Å². The summed E-state index contributed by atoms with van der Waals surface area (Å²) in [5.41, 5.74) is 0. The van der Waals surface area contributed by atoms with E-state index in [2.05, 4.69) is 6.58 Å². The lowest BCUT2D eigenvalue weighted by atomic mass is 10.8. The summed E-state index contributed by atoms with van der Waals surface area (Å²) in [5, 5.41) is 7.33. The van der Waals surface area contributed by atoms with E-state index in [-0.39, 0.29) is 8.41 Å². The Morgan fingerprint density at radius 1 is 1.75 bits per heavy atom. The van der Waals surface area contributed by atoms with Crippen LogP contribution in [0.4, 0.5) is 0 Å². The number of hydrogen-bond acceptors (Lipinski definition) is 1. The number of rotatable bonds is 0. The molecule has 0 aromatic carbocycles. The zero-order valence-electron chi connectivity index (χ0n) is 1.73. The summed E-state index contributed by atoms with van der Waals surface area (Å²) in [6.07, 6.45) is 0.750. The quantitative estimate of drug-likeness (QED) is 0.294. The zero-order chi connectivity index (χ0) is 2.71. The second kappa shape index (κ2) is 18.3. The third-order valence-electron chi connectivity index (χ3n) is 0. The molecule has 0 amide bonds. The fraction of sp³-hybridized carbons (Fsp3) is 0. The van der Waals surface area contributed by atoms with Crippen molar-refractivity contribution < 1.29 is 5.11 Å². The van der Waals surface area contributed by atoms with Crippen molar-refractivity contribution in [3.05, 3.63) is 12.8 Å². The zero-order valence-corrected chi connectivity index (χ0v) is 1.73. The molecule has 24 valence electrons. The Hall–Kier alpha value is -0.395. The molecule has 4 heavy (non-hydrogen) atoms. The monoisotopic (exact) mass is 58.1 g/mol. The molecule has 0 saturated heterocycles. The fourth-order valence-corrected chi connectivity index (χ4v) is 0. The molecule has 1 nitrogen and oxygen atoms in total. The third-order valence-corrected chi connectivity index (χ3v) is 0. The molecule has 0 aliphatic rings. The highest BCUT2D eigenvalue weighted by atomic mass is 16.2. The van der Waals surface area contributed by atoms with E-state index in [4.69, 9.17) is 5.11 Å².